The van der Waals surface area contributed by atoms with Gasteiger partial charge in [-0.3, -0.25) is 9.59 Å². The van der Waals surface area contributed by atoms with Crippen LogP contribution in [0.4, 0.5) is 0 Å². The predicted molar refractivity (Wildman–Crippen MR) is 137 cm³/mol. The summed E-state index contributed by atoms with van der Waals surface area (Å²) in [6.45, 7) is 1.18. The van der Waals surface area contributed by atoms with Crippen LogP contribution in [0.2, 0.25) is 0 Å². The van der Waals surface area contributed by atoms with E-state index in [1.54, 1.807) is 11.3 Å². The molecule has 2 aromatic carbocycles. The number of amides is 2. The molecule has 33 heavy (non-hydrogen) atoms. The summed E-state index contributed by atoms with van der Waals surface area (Å²) in [6.07, 6.45) is 5.31. The maximum absolute atomic E-state index is 13.7. The molecule has 172 valence electrons. The van der Waals surface area contributed by atoms with E-state index >= 15 is 0 Å². The Morgan fingerprint density at radius 2 is 1.70 bits per heavy atom. The molecule has 0 radical (unpaired) electrons. The summed E-state index contributed by atoms with van der Waals surface area (Å²) in [5, 5.41) is 2.03. The second-order valence-electron chi connectivity index (χ2n) is 8.55. The van der Waals surface area contributed by atoms with Crippen LogP contribution >= 0.6 is 27.3 Å². The van der Waals surface area contributed by atoms with E-state index in [2.05, 4.69) is 22.0 Å². The minimum atomic E-state index is -0.0627. The molecule has 0 aliphatic heterocycles. The van der Waals surface area contributed by atoms with Crippen LogP contribution in [0, 0.1) is 0 Å². The van der Waals surface area contributed by atoms with E-state index in [4.69, 9.17) is 0 Å². The zero-order valence-corrected chi connectivity index (χ0v) is 21.1. The fourth-order valence-corrected chi connectivity index (χ4v) is 5.54. The third kappa shape index (κ3) is 6.55. The molecule has 0 N–H and O–H groups in total. The summed E-state index contributed by atoms with van der Waals surface area (Å²) >= 11 is 5.13. The summed E-state index contributed by atoms with van der Waals surface area (Å²) < 4.78 is 0.867. The molecule has 0 spiro atoms. The molecule has 1 fully saturated rings. The molecular weight excluding hydrogens is 496 g/mol. The first-order valence-corrected chi connectivity index (χ1v) is 13.2. The number of hydrogen-bond acceptors (Lipinski definition) is 3. The van der Waals surface area contributed by atoms with Crippen molar-refractivity contribution in [2.75, 3.05) is 6.54 Å². The Bertz CT molecular complexity index is 1050. The Morgan fingerprint density at radius 3 is 2.39 bits per heavy atom. The average molecular weight is 526 g/mol. The molecule has 6 heteroatoms. The van der Waals surface area contributed by atoms with E-state index in [-0.39, 0.29) is 24.4 Å². The monoisotopic (exact) mass is 524 g/mol. The van der Waals surface area contributed by atoms with Crippen molar-refractivity contribution in [3.05, 3.63) is 92.6 Å². The largest absolute Gasteiger partial charge is 0.332 e. The predicted octanol–water partition coefficient (Wildman–Crippen LogP) is 6.51. The number of benzene rings is 2. The molecule has 0 bridgehead atoms. The van der Waals surface area contributed by atoms with Crippen LogP contribution in [-0.2, 0) is 17.9 Å². The molecular formula is C27H29BrN2O2S. The zero-order chi connectivity index (χ0) is 23.0. The van der Waals surface area contributed by atoms with E-state index < -0.39 is 0 Å². The highest BCUT2D eigenvalue weighted by Gasteiger charge is 2.30. The number of hydrogen-bond donors (Lipinski definition) is 0. The second kappa shape index (κ2) is 11.6. The summed E-state index contributed by atoms with van der Waals surface area (Å²) in [5.74, 6) is -0.0755. The Balaban J connectivity index is 1.57. The molecule has 1 aliphatic rings. The van der Waals surface area contributed by atoms with Gasteiger partial charge in [0.05, 0.1) is 6.54 Å². The topological polar surface area (TPSA) is 40.6 Å². The second-order valence-corrected chi connectivity index (χ2v) is 10.5. The fraction of sp³-hybridized carbons (Fsp3) is 0.333. The van der Waals surface area contributed by atoms with Gasteiger partial charge in [0.1, 0.15) is 6.54 Å². The molecule has 2 amide bonds. The Labute approximate surface area is 208 Å². The van der Waals surface area contributed by atoms with Crippen LogP contribution in [-0.4, -0.2) is 34.2 Å². The van der Waals surface area contributed by atoms with Gasteiger partial charge >= 0.3 is 0 Å². The van der Waals surface area contributed by atoms with Gasteiger partial charge < -0.3 is 9.80 Å². The van der Waals surface area contributed by atoms with E-state index in [0.29, 0.717) is 18.7 Å². The minimum Gasteiger partial charge on any atom is -0.332 e. The molecule has 4 nitrogen and oxygen atoms in total. The molecule has 4 rings (SSSR count). The average Bonchev–Trinajstić information content (AvgIpc) is 3.36. The summed E-state index contributed by atoms with van der Waals surface area (Å²) in [4.78, 5) is 32.1. The summed E-state index contributed by atoms with van der Waals surface area (Å²) in [6, 6.07) is 21.7. The quantitative estimate of drug-likeness (QED) is 0.336. The molecule has 3 aromatic rings. The lowest BCUT2D eigenvalue weighted by Gasteiger charge is -2.35. The summed E-state index contributed by atoms with van der Waals surface area (Å²) in [7, 11) is 0. The van der Waals surface area contributed by atoms with E-state index in [9.17, 15) is 9.59 Å². The Kier molecular flexibility index (Phi) is 8.35. The normalized spacial score (nSPS) is 14.1. The number of rotatable bonds is 8. The lowest BCUT2D eigenvalue weighted by molar-refractivity contribution is -0.133. The number of thiophene rings is 1. The molecule has 0 atom stereocenters. The standard InChI is InChI=1S/C27H29BrN2O2S/c28-23-12-7-11-22(17-23)27(32)30(24-13-5-2-6-14-24)20-26(31)29(19-25-15-8-16-33-25)18-21-9-3-1-4-10-21/h1,3-4,7-12,15-17,24H,2,5-6,13-14,18-20H2. The molecule has 1 aromatic heterocycles. The number of nitrogens with zero attached hydrogens (tertiary/aromatic N) is 2. The maximum atomic E-state index is 13.7. The van der Waals surface area contributed by atoms with E-state index in [0.717, 1.165) is 40.6 Å². The fourth-order valence-electron chi connectivity index (χ4n) is 4.42. The van der Waals surface area contributed by atoms with Gasteiger partial charge in [-0.25, -0.2) is 0 Å². The van der Waals surface area contributed by atoms with E-state index in [1.807, 2.05) is 75.8 Å². The van der Waals surface area contributed by atoms with Gasteiger partial charge in [0.15, 0.2) is 0 Å². The van der Waals surface area contributed by atoms with Crippen molar-refractivity contribution in [1.82, 2.24) is 9.80 Å². The highest BCUT2D eigenvalue weighted by molar-refractivity contribution is 9.10. The first-order valence-electron chi connectivity index (χ1n) is 11.5. The van der Waals surface area contributed by atoms with Crippen molar-refractivity contribution in [3.8, 4) is 0 Å². The van der Waals surface area contributed by atoms with Crippen molar-refractivity contribution in [2.24, 2.45) is 0 Å². The van der Waals surface area contributed by atoms with Crippen molar-refractivity contribution in [3.63, 3.8) is 0 Å². The van der Waals surface area contributed by atoms with Crippen LogP contribution in [0.3, 0.4) is 0 Å². The van der Waals surface area contributed by atoms with Crippen molar-refractivity contribution < 1.29 is 9.59 Å². The van der Waals surface area contributed by atoms with Crippen LogP contribution in [0.5, 0.6) is 0 Å². The van der Waals surface area contributed by atoms with E-state index in [1.165, 1.54) is 6.42 Å². The van der Waals surface area contributed by atoms with Gasteiger partial charge in [-0.2, -0.15) is 0 Å². The minimum absolute atomic E-state index is 0.0128. The Hall–Kier alpha value is -2.44. The van der Waals surface area contributed by atoms with Crippen LogP contribution < -0.4 is 0 Å². The maximum Gasteiger partial charge on any atom is 0.254 e. The van der Waals surface area contributed by atoms with Crippen LogP contribution in [0.25, 0.3) is 0 Å². The van der Waals surface area contributed by atoms with Crippen LogP contribution in [0.15, 0.2) is 76.6 Å². The Morgan fingerprint density at radius 1 is 0.909 bits per heavy atom. The lowest BCUT2D eigenvalue weighted by atomic mass is 9.93. The van der Waals surface area contributed by atoms with Gasteiger partial charge in [0.2, 0.25) is 5.91 Å². The summed E-state index contributed by atoms with van der Waals surface area (Å²) in [5.41, 5.74) is 1.71. The smallest absolute Gasteiger partial charge is 0.254 e. The molecule has 1 heterocycles. The molecule has 1 saturated carbocycles. The lowest BCUT2D eigenvalue weighted by Crippen LogP contribution is -2.48. The third-order valence-corrected chi connectivity index (χ3v) is 7.50. The SMILES string of the molecule is O=C(CN(C(=O)c1cccc(Br)c1)C1CCCCC1)N(Cc1ccccc1)Cc1cccs1. The highest BCUT2D eigenvalue weighted by Crippen LogP contribution is 2.25. The van der Waals surface area contributed by atoms with Gasteiger partial charge in [-0.05, 0) is 48.1 Å². The van der Waals surface area contributed by atoms with Crippen molar-refractivity contribution in [2.45, 2.75) is 51.2 Å². The van der Waals surface area contributed by atoms with Gasteiger partial charge in [0, 0.05) is 27.5 Å². The highest BCUT2D eigenvalue weighted by atomic mass is 79.9. The van der Waals surface area contributed by atoms with Gasteiger partial charge in [-0.15, -0.1) is 11.3 Å². The third-order valence-electron chi connectivity index (χ3n) is 6.15. The first-order chi connectivity index (χ1) is 16.1. The number of halogens is 1. The van der Waals surface area contributed by atoms with Gasteiger partial charge in [-0.1, -0.05) is 77.7 Å². The first kappa shape index (κ1) is 23.7. The molecule has 1 aliphatic carbocycles. The molecule has 0 unspecified atom stereocenters. The number of carbonyl (C=O) groups is 2. The molecule has 0 saturated heterocycles. The number of carbonyl (C=O) groups excluding carboxylic acids is 2. The van der Waals surface area contributed by atoms with Crippen molar-refractivity contribution >= 4 is 39.1 Å². The zero-order valence-electron chi connectivity index (χ0n) is 18.7. The van der Waals surface area contributed by atoms with Gasteiger partial charge in [0.25, 0.3) is 5.91 Å². The van der Waals surface area contributed by atoms with Crippen molar-refractivity contribution in [1.29, 1.82) is 0 Å². The van der Waals surface area contributed by atoms with Crippen LogP contribution in [0.1, 0.15) is 52.9 Å².